The van der Waals surface area contributed by atoms with Gasteiger partial charge in [-0.3, -0.25) is 4.57 Å². The third-order valence-electron chi connectivity index (χ3n) is 5.04. The lowest BCUT2D eigenvalue weighted by atomic mass is 9.96. The second-order valence-corrected chi connectivity index (χ2v) is 6.52. The normalized spacial score (nSPS) is 32.1. The van der Waals surface area contributed by atoms with Gasteiger partial charge < -0.3 is 20.7 Å². The summed E-state index contributed by atoms with van der Waals surface area (Å²) in [4.78, 5) is 12.3. The highest BCUT2D eigenvalue weighted by Crippen LogP contribution is 2.37. The quantitative estimate of drug-likeness (QED) is 0.758. The maximum absolute atomic E-state index is 10.4. The number of nitrogen functional groups attached to an aromatic ring is 1. The van der Waals surface area contributed by atoms with E-state index in [9.17, 15) is 10.2 Å². The lowest BCUT2D eigenvalue weighted by Gasteiger charge is -2.18. The predicted molar refractivity (Wildman–Crippen MR) is 82.2 cm³/mol. The van der Waals surface area contributed by atoms with E-state index < -0.39 is 18.4 Å². The van der Waals surface area contributed by atoms with E-state index in [1.54, 1.807) is 4.57 Å². The molecule has 4 atom stereocenters. The van der Waals surface area contributed by atoms with Gasteiger partial charge in [-0.2, -0.15) is 0 Å². The molecule has 4 rings (SSSR count). The lowest BCUT2D eigenvalue weighted by Crippen LogP contribution is -2.32. The summed E-state index contributed by atoms with van der Waals surface area (Å²) in [6.07, 6.45) is 5.47. The van der Waals surface area contributed by atoms with Gasteiger partial charge in [0, 0.05) is 0 Å². The molecule has 0 unspecified atom stereocenters. The van der Waals surface area contributed by atoms with Gasteiger partial charge in [0.25, 0.3) is 0 Å². The Labute approximate surface area is 133 Å². The van der Waals surface area contributed by atoms with Crippen molar-refractivity contribution in [1.82, 2.24) is 19.5 Å². The van der Waals surface area contributed by atoms with Gasteiger partial charge in [0.1, 0.15) is 24.1 Å². The number of hydrogen-bond acceptors (Lipinski definition) is 7. The van der Waals surface area contributed by atoms with Crippen LogP contribution < -0.4 is 5.73 Å². The minimum Gasteiger partial charge on any atom is -0.388 e. The highest BCUT2D eigenvalue weighted by Gasteiger charge is 2.45. The van der Waals surface area contributed by atoms with Gasteiger partial charge in [0.05, 0.1) is 12.4 Å². The molecule has 124 valence electrons. The Balaban J connectivity index is 1.59. The number of imidazole rings is 1. The first-order valence-corrected chi connectivity index (χ1v) is 8.09. The van der Waals surface area contributed by atoms with Crippen LogP contribution in [-0.4, -0.2) is 48.0 Å². The average Bonchev–Trinajstić information content (AvgIpc) is 3.24. The molecule has 2 aromatic heterocycles. The largest absolute Gasteiger partial charge is 0.388 e. The molecular weight excluding hydrogens is 298 g/mol. The number of ether oxygens (including phenoxy) is 1. The summed E-state index contributed by atoms with van der Waals surface area (Å²) < 4.78 is 7.58. The van der Waals surface area contributed by atoms with E-state index in [1.165, 1.54) is 38.3 Å². The van der Waals surface area contributed by atoms with E-state index in [2.05, 4.69) is 15.0 Å². The Morgan fingerprint density at radius 1 is 1.17 bits per heavy atom. The molecule has 1 aliphatic carbocycles. The Morgan fingerprint density at radius 2 is 1.96 bits per heavy atom. The number of hydrogen-bond donors (Lipinski definition) is 3. The van der Waals surface area contributed by atoms with Crippen LogP contribution in [-0.2, 0) is 4.74 Å². The summed E-state index contributed by atoms with van der Waals surface area (Å²) in [6.45, 7) is 0. The first-order chi connectivity index (χ1) is 11.1. The molecule has 8 heteroatoms. The monoisotopic (exact) mass is 319 g/mol. The van der Waals surface area contributed by atoms with Crippen LogP contribution >= 0.6 is 0 Å². The van der Waals surface area contributed by atoms with E-state index in [1.807, 2.05) is 0 Å². The SMILES string of the molecule is Nc1ncnc2c1ncn2[C@@H]1O[C@H](CC2CCCC2)[C@@H](O)[C@H]1O. The van der Waals surface area contributed by atoms with Gasteiger partial charge in [-0.15, -0.1) is 0 Å². The summed E-state index contributed by atoms with van der Waals surface area (Å²) >= 11 is 0. The molecule has 0 aromatic carbocycles. The first kappa shape index (κ1) is 14.8. The molecule has 4 N–H and O–H groups in total. The lowest BCUT2D eigenvalue weighted by molar-refractivity contribution is -0.0411. The van der Waals surface area contributed by atoms with Crippen LogP contribution in [0.1, 0.15) is 38.3 Å². The molecule has 0 radical (unpaired) electrons. The standard InChI is InChI=1S/C15H21N5O3/c16-13-10-14(18-6-17-13)20(7-19-10)15-12(22)11(21)9(23-15)5-8-3-1-2-4-8/h6-9,11-12,15,21-22H,1-5H2,(H2,16,17,18)/t9-,11-,12-,15-/m1/s1. The molecule has 1 saturated carbocycles. The molecule has 1 aliphatic heterocycles. The van der Waals surface area contributed by atoms with Crippen molar-refractivity contribution in [1.29, 1.82) is 0 Å². The molecule has 0 bridgehead atoms. The zero-order chi connectivity index (χ0) is 16.0. The van der Waals surface area contributed by atoms with Crippen LogP contribution in [0.3, 0.4) is 0 Å². The van der Waals surface area contributed by atoms with Gasteiger partial charge in [0.15, 0.2) is 17.7 Å². The van der Waals surface area contributed by atoms with Crippen LogP contribution in [0, 0.1) is 5.92 Å². The third-order valence-corrected chi connectivity index (χ3v) is 5.04. The zero-order valence-corrected chi connectivity index (χ0v) is 12.7. The predicted octanol–water partition coefficient (Wildman–Crippen LogP) is 0.608. The minimum atomic E-state index is -1.02. The second kappa shape index (κ2) is 5.70. The maximum Gasteiger partial charge on any atom is 0.167 e. The van der Waals surface area contributed by atoms with Crippen molar-refractivity contribution in [2.75, 3.05) is 5.73 Å². The Morgan fingerprint density at radius 3 is 2.74 bits per heavy atom. The minimum absolute atomic E-state index is 0.282. The molecule has 2 fully saturated rings. The molecular formula is C15H21N5O3. The number of fused-ring (bicyclic) bond motifs is 1. The smallest absolute Gasteiger partial charge is 0.167 e. The maximum atomic E-state index is 10.4. The van der Waals surface area contributed by atoms with Gasteiger partial charge in [-0.1, -0.05) is 25.7 Å². The topological polar surface area (TPSA) is 119 Å². The summed E-state index contributed by atoms with van der Waals surface area (Å²) in [6, 6.07) is 0. The molecule has 0 spiro atoms. The molecule has 8 nitrogen and oxygen atoms in total. The van der Waals surface area contributed by atoms with E-state index in [-0.39, 0.29) is 11.9 Å². The van der Waals surface area contributed by atoms with E-state index >= 15 is 0 Å². The van der Waals surface area contributed by atoms with Gasteiger partial charge in [-0.05, 0) is 12.3 Å². The second-order valence-electron chi connectivity index (χ2n) is 6.52. The third kappa shape index (κ3) is 2.46. The fraction of sp³-hybridized carbons (Fsp3) is 0.667. The number of aliphatic hydroxyl groups excluding tert-OH is 2. The fourth-order valence-corrected chi connectivity index (χ4v) is 3.78. The van der Waals surface area contributed by atoms with E-state index in [4.69, 9.17) is 10.5 Å². The first-order valence-electron chi connectivity index (χ1n) is 8.09. The number of anilines is 1. The number of aliphatic hydroxyl groups is 2. The van der Waals surface area contributed by atoms with Crippen LogP contribution in [0.25, 0.3) is 11.2 Å². The molecule has 23 heavy (non-hydrogen) atoms. The number of nitrogens with zero attached hydrogens (tertiary/aromatic N) is 4. The Bertz CT molecular complexity index is 699. The number of nitrogens with two attached hydrogens (primary N) is 1. The van der Waals surface area contributed by atoms with Crippen molar-refractivity contribution in [3.63, 3.8) is 0 Å². The van der Waals surface area contributed by atoms with Crippen molar-refractivity contribution >= 4 is 17.0 Å². The van der Waals surface area contributed by atoms with Crippen LogP contribution in [0.2, 0.25) is 0 Å². The van der Waals surface area contributed by atoms with Crippen molar-refractivity contribution < 1.29 is 14.9 Å². The summed E-state index contributed by atoms with van der Waals surface area (Å²) in [5, 5.41) is 20.8. The highest BCUT2D eigenvalue weighted by molar-refractivity contribution is 5.81. The van der Waals surface area contributed by atoms with Gasteiger partial charge in [-0.25, -0.2) is 15.0 Å². The van der Waals surface area contributed by atoms with Crippen molar-refractivity contribution in [2.24, 2.45) is 5.92 Å². The zero-order valence-electron chi connectivity index (χ0n) is 12.7. The van der Waals surface area contributed by atoms with Crippen molar-refractivity contribution in [3.05, 3.63) is 12.7 Å². The summed E-state index contributed by atoms with van der Waals surface area (Å²) in [5.41, 5.74) is 6.75. The molecule has 2 aromatic rings. The Kier molecular flexibility index (Phi) is 3.67. The van der Waals surface area contributed by atoms with Crippen molar-refractivity contribution in [2.45, 2.75) is 56.6 Å². The summed E-state index contributed by atoms with van der Waals surface area (Å²) in [5.74, 6) is 0.849. The highest BCUT2D eigenvalue weighted by atomic mass is 16.6. The molecule has 3 heterocycles. The van der Waals surface area contributed by atoms with E-state index in [0.717, 1.165) is 6.42 Å². The number of rotatable bonds is 3. The number of aromatic nitrogens is 4. The van der Waals surface area contributed by atoms with Crippen LogP contribution in [0.4, 0.5) is 5.82 Å². The molecule has 0 amide bonds. The van der Waals surface area contributed by atoms with Crippen LogP contribution in [0.15, 0.2) is 12.7 Å². The van der Waals surface area contributed by atoms with Crippen LogP contribution in [0.5, 0.6) is 0 Å². The average molecular weight is 319 g/mol. The van der Waals surface area contributed by atoms with Gasteiger partial charge in [0.2, 0.25) is 0 Å². The van der Waals surface area contributed by atoms with Crippen molar-refractivity contribution in [3.8, 4) is 0 Å². The Hall–Kier alpha value is -1.77. The summed E-state index contributed by atoms with van der Waals surface area (Å²) in [7, 11) is 0. The van der Waals surface area contributed by atoms with Gasteiger partial charge >= 0.3 is 0 Å². The molecule has 1 saturated heterocycles. The molecule has 2 aliphatic rings. The fourth-order valence-electron chi connectivity index (χ4n) is 3.78. The van der Waals surface area contributed by atoms with E-state index in [0.29, 0.717) is 17.1 Å².